The van der Waals surface area contributed by atoms with Crippen LogP contribution in [0.4, 0.5) is 14.5 Å². The first-order chi connectivity index (χ1) is 7.76. The monoisotopic (exact) mass is 247 g/mol. The predicted molar refractivity (Wildman–Crippen MR) is 54.8 cm³/mol. The van der Waals surface area contributed by atoms with Crippen LogP contribution in [0.2, 0.25) is 0 Å². The van der Waals surface area contributed by atoms with Gasteiger partial charge in [-0.15, -0.1) is 0 Å². The van der Waals surface area contributed by atoms with Crippen LogP contribution in [0.1, 0.15) is 13.8 Å². The quantitative estimate of drug-likeness (QED) is 0.652. The van der Waals surface area contributed by atoms with Gasteiger partial charge in [0.05, 0.1) is 23.7 Å². The molecule has 0 unspecified atom stereocenters. The zero-order valence-corrected chi connectivity index (χ0v) is 9.24. The van der Waals surface area contributed by atoms with Crippen molar-refractivity contribution in [1.82, 2.24) is 0 Å². The van der Waals surface area contributed by atoms with Crippen LogP contribution in [0.5, 0.6) is 5.75 Å². The summed E-state index contributed by atoms with van der Waals surface area (Å²) < 4.78 is 31.7. The highest BCUT2D eigenvalue weighted by atomic mass is 19.1. The number of benzene rings is 1. The Labute approximate surface area is 95.8 Å². The van der Waals surface area contributed by atoms with E-state index in [0.717, 1.165) is 0 Å². The van der Waals surface area contributed by atoms with Gasteiger partial charge in [-0.25, -0.2) is 8.78 Å². The number of non-ortho nitro benzene ring substituents is 1. The second-order valence-corrected chi connectivity index (χ2v) is 4.02. The molecule has 94 valence electrons. The van der Waals surface area contributed by atoms with Crippen molar-refractivity contribution < 1.29 is 23.5 Å². The molecule has 1 rings (SSSR count). The van der Waals surface area contributed by atoms with Crippen LogP contribution in [0.25, 0.3) is 0 Å². The van der Waals surface area contributed by atoms with E-state index in [-0.39, 0.29) is 0 Å². The number of aliphatic hydroxyl groups is 1. The fourth-order valence-corrected chi connectivity index (χ4v) is 1.06. The summed E-state index contributed by atoms with van der Waals surface area (Å²) in [7, 11) is 0. The van der Waals surface area contributed by atoms with Gasteiger partial charge in [0.15, 0.2) is 17.4 Å². The highest BCUT2D eigenvalue weighted by molar-refractivity contribution is 5.39. The summed E-state index contributed by atoms with van der Waals surface area (Å²) in [6.07, 6.45) is 0. The number of nitrogens with zero attached hydrogens (tertiary/aromatic N) is 1. The third-order valence-electron chi connectivity index (χ3n) is 1.95. The molecule has 0 saturated heterocycles. The van der Waals surface area contributed by atoms with Crippen LogP contribution in [-0.2, 0) is 0 Å². The Kier molecular flexibility index (Phi) is 3.62. The molecule has 7 heteroatoms. The van der Waals surface area contributed by atoms with Crippen molar-refractivity contribution in [3.63, 3.8) is 0 Å². The third kappa shape index (κ3) is 3.10. The molecule has 5 nitrogen and oxygen atoms in total. The molecule has 0 aromatic heterocycles. The maximum Gasteiger partial charge on any atom is 0.275 e. The van der Waals surface area contributed by atoms with Gasteiger partial charge in [-0.05, 0) is 13.8 Å². The Morgan fingerprint density at radius 2 is 1.88 bits per heavy atom. The second-order valence-electron chi connectivity index (χ2n) is 4.02. The van der Waals surface area contributed by atoms with Crippen molar-refractivity contribution in [2.45, 2.75) is 19.4 Å². The molecule has 1 N–H and O–H groups in total. The van der Waals surface area contributed by atoms with E-state index < -0.39 is 40.2 Å². The molecule has 17 heavy (non-hydrogen) atoms. The Hall–Kier alpha value is -1.76. The van der Waals surface area contributed by atoms with Crippen molar-refractivity contribution in [3.8, 4) is 5.75 Å². The lowest BCUT2D eigenvalue weighted by molar-refractivity contribution is -0.385. The Morgan fingerprint density at radius 1 is 1.41 bits per heavy atom. The second kappa shape index (κ2) is 4.62. The SMILES string of the molecule is CC(C)(CO)Oc1c(F)cc([N+](=O)[O-])cc1F. The molecule has 0 radical (unpaired) electrons. The standard InChI is InChI=1S/C10H11F2NO4/c1-10(2,5-14)17-9-7(11)3-6(13(15)16)4-8(9)12/h3-4,14H,5H2,1-2H3. The predicted octanol–water partition coefficient (Wildman–Crippen LogP) is 2.02. The minimum absolute atomic E-state index is 0.455. The number of rotatable bonds is 4. The van der Waals surface area contributed by atoms with Crippen LogP contribution >= 0.6 is 0 Å². The van der Waals surface area contributed by atoms with E-state index >= 15 is 0 Å². The van der Waals surface area contributed by atoms with Crippen molar-refractivity contribution in [3.05, 3.63) is 33.9 Å². The summed E-state index contributed by atoms with van der Waals surface area (Å²) in [4.78, 5) is 9.44. The number of ether oxygens (including phenoxy) is 1. The summed E-state index contributed by atoms with van der Waals surface area (Å²) >= 11 is 0. The van der Waals surface area contributed by atoms with E-state index in [1.165, 1.54) is 13.8 Å². The smallest absolute Gasteiger partial charge is 0.275 e. The number of nitro benzene ring substituents is 1. The summed E-state index contributed by atoms with van der Waals surface area (Å²) in [5.41, 5.74) is -1.88. The molecule has 0 aliphatic rings. The van der Waals surface area contributed by atoms with Crippen LogP contribution in [-0.4, -0.2) is 22.2 Å². The molecule has 1 aromatic carbocycles. The minimum atomic E-state index is -1.18. The summed E-state index contributed by atoms with van der Waals surface area (Å²) in [6.45, 7) is 2.39. The Bertz CT molecular complexity index is 425. The number of hydrogen-bond donors (Lipinski definition) is 1. The van der Waals surface area contributed by atoms with E-state index in [1.54, 1.807) is 0 Å². The first-order valence-corrected chi connectivity index (χ1v) is 4.70. The Morgan fingerprint density at radius 3 is 2.24 bits per heavy atom. The Balaban J connectivity index is 3.15. The molecular weight excluding hydrogens is 236 g/mol. The lowest BCUT2D eigenvalue weighted by Gasteiger charge is -2.24. The molecule has 0 aliphatic carbocycles. The molecule has 0 aliphatic heterocycles. The molecule has 1 aromatic rings. The molecule has 0 fully saturated rings. The minimum Gasteiger partial charge on any atom is -0.479 e. The van der Waals surface area contributed by atoms with Gasteiger partial charge in [0.2, 0.25) is 0 Å². The molecule has 0 bridgehead atoms. The van der Waals surface area contributed by atoms with Crippen LogP contribution in [0.3, 0.4) is 0 Å². The fraction of sp³-hybridized carbons (Fsp3) is 0.400. The molecule has 0 spiro atoms. The number of aliphatic hydroxyl groups excluding tert-OH is 1. The lowest BCUT2D eigenvalue weighted by atomic mass is 10.1. The molecule has 0 amide bonds. The van der Waals surface area contributed by atoms with Crippen LogP contribution in [0.15, 0.2) is 12.1 Å². The molecule has 0 heterocycles. The van der Waals surface area contributed by atoms with Crippen molar-refractivity contribution in [2.24, 2.45) is 0 Å². The van der Waals surface area contributed by atoms with Gasteiger partial charge in [0.1, 0.15) is 5.60 Å². The zero-order chi connectivity index (χ0) is 13.2. The summed E-state index contributed by atoms with van der Waals surface area (Å²) in [6, 6.07) is 1.12. The van der Waals surface area contributed by atoms with E-state index in [4.69, 9.17) is 9.84 Å². The van der Waals surface area contributed by atoms with Gasteiger partial charge in [-0.2, -0.15) is 0 Å². The highest BCUT2D eigenvalue weighted by Crippen LogP contribution is 2.29. The first-order valence-electron chi connectivity index (χ1n) is 4.70. The van der Waals surface area contributed by atoms with Gasteiger partial charge < -0.3 is 9.84 Å². The maximum atomic E-state index is 13.4. The van der Waals surface area contributed by atoms with Crippen molar-refractivity contribution in [1.29, 1.82) is 0 Å². The highest BCUT2D eigenvalue weighted by Gasteiger charge is 2.25. The van der Waals surface area contributed by atoms with E-state index in [0.29, 0.717) is 12.1 Å². The first kappa shape index (κ1) is 13.3. The van der Waals surface area contributed by atoms with Gasteiger partial charge in [0, 0.05) is 0 Å². The number of hydrogen-bond acceptors (Lipinski definition) is 4. The zero-order valence-electron chi connectivity index (χ0n) is 9.24. The van der Waals surface area contributed by atoms with E-state index in [1.807, 2.05) is 0 Å². The van der Waals surface area contributed by atoms with Gasteiger partial charge in [-0.1, -0.05) is 0 Å². The van der Waals surface area contributed by atoms with E-state index in [2.05, 4.69) is 0 Å². The molecule has 0 saturated carbocycles. The third-order valence-corrected chi connectivity index (χ3v) is 1.95. The largest absolute Gasteiger partial charge is 0.479 e. The van der Waals surface area contributed by atoms with Gasteiger partial charge >= 0.3 is 0 Å². The molecule has 0 atom stereocenters. The van der Waals surface area contributed by atoms with Crippen LogP contribution < -0.4 is 4.74 Å². The normalized spacial score (nSPS) is 11.4. The van der Waals surface area contributed by atoms with Gasteiger partial charge in [-0.3, -0.25) is 10.1 Å². The number of halogens is 2. The topological polar surface area (TPSA) is 72.6 Å². The molecular formula is C10H11F2NO4. The number of nitro groups is 1. The average molecular weight is 247 g/mol. The fourth-order valence-electron chi connectivity index (χ4n) is 1.06. The summed E-state index contributed by atoms with van der Waals surface area (Å²) in [5, 5.41) is 19.3. The maximum absolute atomic E-state index is 13.4. The van der Waals surface area contributed by atoms with Crippen molar-refractivity contribution in [2.75, 3.05) is 6.61 Å². The van der Waals surface area contributed by atoms with E-state index in [9.17, 15) is 18.9 Å². The van der Waals surface area contributed by atoms with Crippen LogP contribution in [0, 0.1) is 21.7 Å². The summed E-state index contributed by atoms with van der Waals surface area (Å²) in [5.74, 6) is -3.11. The lowest BCUT2D eigenvalue weighted by Crippen LogP contribution is -2.33. The van der Waals surface area contributed by atoms with Crippen molar-refractivity contribution >= 4 is 5.69 Å². The average Bonchev–Trinajstić information content (AvgIpc) is 2.23. The van der Waals surface area contributed by atoms with Gasteiger partial charge in [0.25, 0.3) is 5.69 Å².